The first kappa shape index (κ1) is 19.0. The molecular weight excluding hydrogens is 344 g/mol. The minimum Gasteiger partial charge on any atom is -0.508 e. The molecule has 0 atom stereocenters. The second kappa shape index (κ2) is 9.79. The van der Waals surface area contributed by atoms with Gasteiger partial charge in [-0.05, 0) is 57.9 Å². The topological polar surface area (TPSA) is 40.5 Å². The van der Waals surface area contributed by atoms with Crippen molar-refractivity contribution in [1.29, 1.82) is 0 Å². The third kappa shape index (κ3) is 5.61. The van der Waals surface area contributed by atoms with E-state index in [-0.39, 0.29) is 0 Å². The number of benzene rings is 5. The summed E-state index contributed by atoms with van der Waals surface area (Å²) in [6, 6.07) is 38.8. The van der Waals surface area contributed by atoms with Gasteiger partial charge in [-0.25, -0.2) is 0 Å². The first-order valence-corrected chi connectivity index (χ1v) is 9.08. The van der Waals surface area contributed by atoms with Gasteiger partial charge in [0.2, 0.25) is 0 Å². The summed E-state index contributed by atoms with van der Waals surface area (Å²) in [7, 11) is 0. The second-order valence-corrected chi connectivity index (χ2v) is 6.22. The lowest BCUT2D eigenvalue weighted by Gasteiger charge is -2.00. The van der Waals surface area contributed by atoms with Gasteiger partial charge in [0.05, 0.1) is 0 Å². The van der Waals surface area contributed by atoms with E-state index in [1.165, 1.54) is 21.5 Å². The van der Waals surface area contributed by atoms with Gasteiger partial charge in [-0.3, -0.25) is 0 Å². The van der Waals surface area contributed by atoms with Crippen molar-refractivity contribution in [1.82, 2.24) is 0 Å². The third-order valence-electron chi connectivity index (χ3n) is 4.13. The molecule has 5 aromatic carbocycles. The standard InChI is InChI=1S/C14H10.2C6H6O/c1-2-6-12-10-14-8-4-3-7-13(14)9-11(12)5-1;2*7-6-4-2-1-3-5-6/h1-10H;2*1-5,7H. The summed E-state index contributed by atoms with van der Waals surface area (Å²) >= 11 is 0. The Morgan fingerprint density at radius 1 is 0.321 bits per heavy atom. The Labute approximate surface area is 165 Å². The maximum Gasteiger partial charge on any atom is 0.115 e. The summed E-state index contributed by atoms with van der Waals surface area (Å²) in [6.07, 6.45) is 0. The maximum atomic E-state index is 8.63. The molecule has 0 bridgehead atoms. The van der Waals surface area contributed by atoms with Crippen LogP contribution in [0.15, 0.2) is 121 Å². The lowest BCUT2D eigenvalue weighted by molar-refractivity contribution is 0.475. The molecule has 2 N–H and O–H groups in total. The zero-order chi connectivity index (χ0) is 19.6. The zero-order valence-corrected chi connectivity index (χ0v) is 15.4. The molecule has 0 unspecified atom stereocenters. The van der Waals surface area contributed by atoms with Crippen LogP contribution in [0.4, 0.5) is 0 Å². The van der Waals surface area contributed by atoms with Gasteiger partial charge in [-0.2, -0.15) is 0 Å². The van der Waals surface area contributed by atoms with Crippen LogP contribution in [0.5, 0.6) is 11.5 Å². The van der Waals surface area contributed by atoms with Gasteiger partial charge in [-0.15, -0.1) is 0 Å². The summed E-state index contributed by atoms with van der Waals surface area (Å²) in [4.78, 5) is 0. The summed E-state index contributed by atoms with van der Waals surface area (Å²) in [5.74, 6) is 0.644. The van der Waals surface area contributed by atoms with E-state index in [1.807, 2.05) is 12.1 Å². The largest absolute Gasteiger partial charge is 0.508 e. The molecule has 0 heterocycles. The average molecular weight is 366 g/mol. The number of hydrogen-bond donors (Lipinski definition) is 2. The van der Waals surface area contributed by atoms with E-state index in [1.54, 1.807) is 48.5 Å². The number of phenols is 2. The van der Waals surface area contributed by atoms with E-state index in [2.05, 4.69) is 60.7 Å². The Kier molecular flexibility index (Phi) is 6.64. The monoisotopic (exact) mass is 366 g/mol. The van der Waals surface area contributed by atoms with Crippen molar-refractivity contribution >= 4 is 21.5 Å². The van der Waals surface area contributed by atoms with E-state index in [4.69, 9.17) is 10.2 Å². The van der Waals surface area contributed by atoms with Crippen molar-refractivity contribution in [3.8, 4) is 11.5 Å². The number of hydrogen-bond acceptors (Lipinski definition) is 2. The van der Waals surface area contributed by atoms with Crippen LogP contribution in [-0.2, 0) is 0 Å². The number of para-hydroxylation sites is 2. The summed E-state index contributed by atoms with van der Waals surface area (Å²) in [6.45, 7) is 0. The lowest BCUT2D eigenvalue weighted by Crippen LogP contribution is -1.74. The van der Waals surface area contributed by atoms with Gasteiger partial charge in [0, 0.05) is 0 Å². The number of rotatable bonds is 0. The van der Waals surface area contributed by atoms with E-state index >= 15 is 0 Å². The van der Waals surface area contributed by atoms with E-state index < -0.39 is 0 Å². The van der Waals surface area contributed by atoms with Crippen LogP contribution in [0.3, 0.4) is 0 Å². The third-order valence-corrected chi connectivity index (χ3v) is 4.13. The SMILES string of the molecule is Oc1ccccc1.Oc1ccccc1.c1ccc2cc3ccccc3cc2c1. The van der Waals surface area contributed by atoms with Crippen molar-refractivity contribution in [3.05, 3.63) is 121 Å². The van der Waals surface area contributed by atoms with Crippen molar-refractivity contribution in [3.63, 3.8) is 0 Å². The normalized spacial score (nSPS) is 9.71. The summed E-state index contributed by atoms with van der Waals surface area (Å²) in [5.41, 5.74) is 0. The van der Waals surface area contributed by atoms with E-state index in [0.717, 1.165) is 0 Å². The Morgan fingerprint density at radius 2 is 0.571 bits per heavy atom. The summed E-state index contributed by atoms with van der Waals surface area (Å²) in [5, 5.41) is 22.5. The molecule has 2 heteroatoms. The van der Waals surface area contributed by atoms with Crippen LogP contribution in [0.25, 0.3) is 21.5 Å². The van der Waals surface area contributed by atoms with Crippen LogP contribution < -0.4 is 0 Å². The average Bonchev–Trinajstić information content (AvgIpc) is 2.74. The molecule has 0 amide bonds. The van der Waals surface area contributed by atoms with Crippen LogP contribution >= 0.6 is 0 Å². The highest BCUT2D eigenvalue weighted by molar-refractivity contribution is 5.98. The Balaban J connectivity index is 0.000000136. The summed E-state index contributed by atoms with van der Waals surface area (Å²) < 4.78 is 0. The molecular formula is C26H22O2. The molecule has 0 aliphatic carbocycles. The van der Waals surface area contributed by atoms with Crippen molar-refractivity contribution < 1.29 is 10.2 Å². The lowest BCUT2D eigenvalue weighted by atomic mass is 10.0. The highest BCUT2D eigenvalue weighted by Crippen LogP contribution is 2.22. The first-order chi connectivity index (χ1) is 13.7. The fourth-order valence-electron chi connectivity index (χ4n) is 2.74. The highest BCUT2D eigenvalue weighted by atomic mass is 16.3. The minimum atomic E-state index is 0.322. The van der Waals surface area contributed by atoms with E-state index in [0.29, 0.717) is 11.5 Å². The predicted octanol–water partition coefficient (Wildman–Crippen LogP) is 6.78. The van der Waals surface area contributed by atoms with Crippen LogP contribution in [0, 0.1) is 0 Å². The molecule has 2 nitrogen and oxygen atoms in total. The number of fused-ring (bicyclic) bond motifs is 2. The zero-order valence-electron chi connectivity index (χ0n) is 15.4. The maximum absolute atomic E-state index is 8.63. The molecule has 0 saturated heterocycles. The minimum absolute atomic E-state index is 0.322. The predicted molar refractivity (Wildman–Crippen MR) is 118 cm³/mol. The fraction of sp³-hybridized carbons (Fsp3) is 0. The highest BCUT2D eigenvalue weighted by Gasteiger charge is 1.95. The molecule has 0 radical (unpaired) electrons. The van der Waals surface area contributed by atoms with Gasteiger partial charge in [-0.1, -0.05) is 84.9 Å². The van der Waals surface area contributed by atoms with Crippen LogP contribution in [-0.4, -0.2) is 10.2 Å². The quantitative estimate of drug-likeness (QED) is 0.297. The Hall–Kier alpha value is -3.78. The second-order valence-electron chi connectivity index (χ2n) is 6.22. The van der Waals surface area contributed by atoms with Crippen molar-refractivity contribution in [2.45, 2.75) is 0 Å². The molecule has 5 aromatic rings. The molecule has 0 aliphatic heterocycles. The van der Waals surface area contributed by atoms with Crippen LogP contribution in [0.2, 0.25) is 0 Å². The number of aromatic hydroxyl groups is 2. The first-order valence-electron chi connectivity index (χ1n) is 9.08. The number of phenolic OH excluding ortho intramolecular Hbond substituents is 2. The van der Waals surface area contributed by atoms with Gasteiger partial charge >= 0.3 is 0 Å². The molecule has 5 rings (SSSR count). The molecule has 0 aromatic heterocycles. The molecule has 0 fully saturated rings. The Morgan fingerprint density at radius 3 is 0.786 bits per heavy atom. The van der Waals surface area contributed by atoms with Gasteiger partial charge < -0.3 is 10.2 Å². The van der Waals surface area contributed by atoms with Crippen molar-refractivity contribution in [2.24, 2.45) is 0 Å². The fourth-order valence-corrected chi connectivity index (χ4v) is 2.74. The molecule has 0 aliphatic rings. The van der Waals surface area contributed by atoms with Crippen LogP contribution in [0.1, 0.15) is 0 Å². The smallest absolute Gasteiger partial charge is 0.115 e. The Bertz CT molecular complexity index is 978. The molecule has 138 valence electrons. The van der Waals surface area contributed by atoms with Gasteiger partial charge in [0.1, 0.15) is 11.5 Å². The van der Waals surface area contributed by atoms with Gasteiger partial charge in [0.25, 0.3) is 0 Å². The molecule has 0 saturated carbocycles. The van der Waals surface area contributed by atoms with Crippen molar-refractivity contribution in [2.75, 3.05) is 0 Å². The molecule has 0 spiro atoms. The molecule has 28 heavy (non-hydrogen) atoms. The van der Waals surface area contributed by atoms with Gasteiger partial charge in [0.15, 0.2) is 0 Å². The van der Waals surface area contributed by atoms with E-state index in [9.17, 15) is 0 Å².